The predicted octanol–water partition coefficient (Wildman–Crippen LogP) is 5.34. The smallest absolute Gasteiger partial charge is 0.309 e. The minimum absolute atomic E-state index is 0.0106. The topological polar surface area (TPSA) is 89.6 Å². The monoisotopic (exact) mass is 529 g/mol. The first-order valence-electron chi connectivity index (χ1n) is 12.8. The van der Waals surface area contributed by atoms with Gasteiger partial charge in [-0.25, -0.2) is 4.98 Å². The molecule has 0 radical (unpaired) electrons. The summed E-state index contributed by atoms with van der Waals surface area (Å²) in [6.45, 7) is 1.37. The van der Waals surface area contributed by atoms with E-state index in [2.05, 4.69) is 22.8 Å². The molecular weight excluding hydrogens is 498 g/mol. The zero-order valence-corrected chi connectivity index (χ0v) is 21.9. The van der Waals surface area contributed by atoms with Gasteiger partial charge in [0.05, 0.1) is 35.1 Å². The van der Waals surface area contributed by atoms with E-state index in [4.69, 9.17) is 26.1 Å². The number of pyridine rings is 1. The van der Waals surface area contributed by atoms with Crippen LogP contribution < -0.4 is 10.6 Å². The lowest BCUT2D eigenvalue weighted by atomic mass is 9.96. The molecule has 1 spiro atoms. The van der Waals surface area contributed by atoms with Crippen LogP contribution in [0.3, 0.4) is 0 Å². The fourth-order valence-electron chi connectivity index (χ4n) is 5.17. The van der Waals surface area contributed by atoms with Crippen LogP contribution in [0.2, 0.25) is 5.02 Å². The normalized spacial score (nSPS) is 20.5. The number of anilines is 1. The molecule has 1 saturated heterocycles. The lowest BCUT2D eigenvalue weighted by molar-refractivity contribution is -0.225. The van der Waals surface area contributed by atoms with Crippen LogP contribution in [-0.2, 0) is 37.8 Å². The van der Waals surface area contributed by atoms with Crippen molar-refractivity contribution in [2.75, 3.05) is 18.4 Å². The summed E-state index contributed by atoms with van der Waals surface area (Å²) in [6, 6.07) is 7.76. The summed E-state index contributed by atoms with van der Waals surface area (Å²) in [4.78, 5) is 29.3. The highest BCUT2D eigenvalue weighted by atomic mass is 35.5. The van der Waals surface area contributed by atoms with E-state index in [1.54, 1.807) is 12.1 Å². The van der Waals surface area contributed by atoms with E-state index >= 15 is 0 Å². The number of ether oxygens (including phenoxy) is 2. The molecule has 9 heteroatoms. The summed E-state index contributed by atoms with van der Waals surface area (Å²) in [6.07, 6.45) is 10.5. The van der Waals surface area contributed by atoms with Crippen LogP contribution in [0.1, 0.15) is 68.1 Å². The molecular formula is C27H32ClN3O4S. The molecule has 0 amide bonds. The van der Waals surface area contributed by atoms with Gasteiger partial charge in [-0.05, 0) is 55.1 Å². The molecule has 2 aromatic rings. The van der Waals surface area contributed by atoms with E-state index in [0.29, 0.717) is 35.3 Å². The summed E-state index contributed by atoms with van der Waals surface area (Å²) in [5.74, 6) is -2.39. The molecule has 0 bridgehead atoms. The Morgan fingerprint density at radius 3 is 2.47 bits per heavy atom. The Labute approximate surface area is 221 Å². The first-order valence-corrected chi connectivity index (χ1v) is 14.1. The Morgan fingerprint density at radius 2 is 1.78 bits per heavy atom. The number of fused-ring (bicyclic) bond motifs is 2. The van der Waals surface area contributed by atoms with Gasteiger partial charge in [0.25, 0.3) is 5.79 Å². The second-order valence-corrected chi connectivity index (χ2v) is 11.4. The van der Waals surface area contributed by atoms with Crippen LogP contribution >= 0.6 is 23.4 Å². The minimum Gasteiger partial charge on any atom is -0.416 e. The number of halogens is 1. The van der Waals surface area contributed by atoms with Crippen molar-refractivity contribution >= 4 is 41.0 Å². The van der Waals surface area contributed by atoms with E-state index in [0.717, 1.165) is 21.8 Å². The molecule has 36 heavy (non-hydrogen) atoms. The zero-order valence-electron chi connectivity index (χ0n) is 20.3. The summed E-state index contributed by atoms with van der Waals surface area (Å²) in [5, 5.41) is 9.01. The fraction of sp³-hybridized carbons (Fsp3) is 0.519. The quantitative estimate of drug-likeness (QED) is 0.396. The summed E-state index contributed by atoms with van der Waals surface area (Å²) >= 11 is 8.52. The van der Waals surface area contributed by atoms with Crippen molar-refractivity contribution in [1.82, 2.24) is 10.3 Å². The van der Waals surface area contributed by atoms with E-state index in [1.165, 1.54) is 38.5 Å². The van der Waals surface area contributed by atoms with Crippen molar-refractivity contribution in [2.45, 2.75) is 80.4 Å². The number of aromatic nitrogens is 1. The third kappa shape index (κ3) is 5.82. The molecule has 1 saturated carbocycles. The minimum atomic E-state index is -1.49. The standard InChI is InChI=1S/C27H32ClN3O4S/c28-22-9-8-21-20(13-14-29-17-27(21)34-24(32)11-12-25(33)35-27)26(22)31-16-18-7-10-23(30-15-18)36-19-5-3-1-2-4-6-19/h7-10,15,19,29,31H,1-6,11-14,16-17H2. The van der Waals surface area contributed by atoms with Crippen molar-refractivity contribution in [1.29, 1.82) is 0 Å². The molecule has 2 fully saturated rings. The Bertz CT molecular complexity index is 1080. The molecule has 3 heterocycles. The largest absolute Gasteiger partial charge is 0.416 e. The van der Waals surface area contributed by atoms with Gasteiger partial charge in [-0.1, -0.05) is 43.4 Å². The highest BCUT2D eigenvalue weighted by molar-refractivity contribution is 7.99. The van der Waals surface area contributed by atoms with Crippen LogP contribution in [0.5, 0.6) is 0 Å². The molecule has 2 N–H and O–H groups in total. The number of carbonyl (C=O) groups excluding carboxylic acids is 2. The third-order valence-electron chi connectivity index (χ3n) is 7.03. The van der Waals surface area contributed by atoms with Crippen molar-refractivity contribution in [3.05, 3.63) is 52.2 Å². The average Bonchev–Trinajstić information content (AvgIpc) is 3.28. The Hall–Kier alpha value is -2.29. The van der Waals surface area contributed by atoms with Crippen molar-refractivity contribution in [2.24, 2.45) is 0 Å². The van der Waals surface area contributed by atoms with Crippen LogP contribution in [0.25, 0.3) is 0 Å². The van der Waals surface area contributed by atoms with Gasteiger partial charge >= 0.3 is 11.9 Å². The van der Waals surface area contributed by atoms with E-state index in [9.17, 15) is 9.59 Å². The van der Waals surface area contributed by atoms with Gasteiger partial charge < -0.3 is 20.1 Å². The van der Waals surface area contributed by atoms with Crippen molar-refractivity contribution in [3.8, 4) is 0 Å². The number of nitrogens with zero attached hydrogens (tertiary/aromatic N) is 1. The highest BCUT2D eigenvalue weighted by Crippen LogP contribution is 2.40. The molecule has 192 valence electrons. The summed E-state index contributed by atoms with van der Waals surface area (Å²) < 4.78 is 11.5. The average molecular weight is 530 g/mol. The molecule has 1 aliphatic carbocycles. The van der Waals surface area contributed by atoms with Gasteiger partial charge in [-0.15, -0.1) is 11.8 Å². The molecule has 0 atom stereocenters. The number of esters is 2. The van der Waals surface area contributed by atoms with Gasteiger partial charge in [-0.2, -0.15) is 0 Å². The maximum absolute atomic E-state index is 12.3. The number of rotatable bonds is 5. The van der Waals surface area contributed by atoms with E-state index in [-0.39, 0.29) is 19.4 Å². The number of nitrogens with one attached hydrogen (secondary N) is 2. The number of carbonyl (C=O) groups is 2. The maximum atomic E-state index is 12.3. The number of hydrogen-bond donors (Lipinski definition) is 2. The third-order valence-corrected chi connectivity index (χ3v) is 8.63. The van der Waals surface area contributed by atoms with Gasteiger partial charge in [0.2, 0.25) is 0 Å². The van der Waals surface area contributed by atoms with Crippen molar-refractivity contribution < 1.29 is 19.1 Å². The van der Waals surface area contributed by atoms with Crippen LogP contribution in [0.4, 0.5) is 5.69 Å². The molecule has 2 aliphatic heterocycles. The van der Waals surface area contributed by atoms with Crippen molar-refractivity contribution in [3.63, 3.8) is 0 Å². The number of thioether (sulfide) groups is 1. The lowest BCUT2D eigenvalue weighted by Gasteiger charge is -2.32. The predicted molar refractivity (Wildman–Crippen MR) is 140 cm³/mol. The molecule has 0 unspecified atom stereocenters. The van der Waals surface area contributed by atoms with Crippen LogP contribution in [-0.4, -0.2) is 35.3 Å². The molecule has 3 aliphatic rings. The summed E-state index contributed by atoms with van der Waals surface area (Å²) in [7, 11) is 0. The van der Waals surface area contributed by atoms with Gasteiger partial charge in [0, 0.05) is 23.6 Å². The first kappa shape index (κ1) is 25.4. The lowest BCUT2D eigenvalue weighted by Crippen LogP contribution is -2.43. The molecule has 1 aromatic carbocycles. The zero-order chi connectivity index (χ0) is 25.0. The van der Waals surface area contributed by atoms with Gasteiger partial charge in [0.15, 0.2) is 0 Å². The Balaban J connectivity index is 1.34. The Kier molecular flexibility index (Phi) is 8.03. The highest BCUT2D eigenvalue weighted by Gasteiger charge is 2.46. The molecule has 5 rings (SSSR count). The first-order chi connectivity index (χ1) is 17.5. The molecule has 7 nitrogen and oxygen atoms in total. The number of benzene rings is 1. The second-order valence-electron chi connectivity index (χ2n) is 9.67. The second kappa shape index (κ2) is 11.4. The Morgan fingerprint density at radius 1 is 1.03 bits per heavy atom. The fourth-order valence-corrected chi connectivity index (χ4v) is 6.59. The van der Waals surface area contributed by atoms with Crippen LogP contribution in [0, 0.1) is 0 Å². The van der Waals surface area contributed by atoms with Gasteiger partial charge in [-0.3, -0.25) is 9.59 Å². The number of hydrogen-bond acceptors (Lipinski definition) is 8. The molecule has 1 aromatic heterocycles. The summed E-state index contributed by atoms with van der Waals surface area (Å²) in [5.41, 5.74) is 3.33. The van der Waals surface area contributed by atoms with Crippen LogP contribution in [0.15, 0.2) is 35.5 Å². The maximum Gasteiger partial charge on any atom is 0.309 e. The SMILES string of the molecule is O=C1CCC(=O)OC2(CNCCc3c2ccc(Cl)c3NCc2ccc(SC3CCCCCC3)nc2)O1. The van der Waals surface area contributed by atoms with E-state index in [1.807, 2.05) is 18.0 Å². The van der Waals surface area contributed by atoms with Gasteiger partial charge in [0.1, 0.15) is 0 Å². The van der Waals surface area contributed by atoms with E-state index < -0.39 is 17.7 Å².